The zero-order valence-corrected chi connectivity index (χ0v) is 15.7. The SMILES string of the molecule is Cc1ccc2c(c1)Cc1ccc3c4ccccc4n4c3c1B2c1ccccc1-4. The standard InChI is InChI=1S/C26H18BN/c1-16-10-13-21-18(14-16)15-17-11-12-20-19-6-2-4-8-23(19)28-24-9-5-3-7-22(24)27(21)25(17)26(20)28/h2-14H,15H2,1H3. The van der Waals surface area contributed by atoms with Gasteiger partial charge in [0.25, 0.3) is 0 Å². The highest BCUT2D eigenvalue weighted by Crippen LogP contribution is 2.35. The minimum absolute atomic E-state index is 0.330. The van der Waals surface area contributed by atoms with Gasteiger partial charge in [-0.2, -0.15) is 0 Å². The summed E-state index contributed by atoms with van der Waals surface area (Å²) in [6, 6.07) is 29.6. The first kappa shape index (κ1) is 14.8. The molecule has 5 aromatic rings. The third-order valence-corrected chi connectivity index (χ3v) is 6.73. The molecule has 130 valence electrons. The Morgan fingerprint density at radius 1 is 0.750 bits per heavy atom. The Morgan fingerprint density at radius 3 is 2.57 bits per heavy atom. The molecule has 0 saturated carbocycles. The van der Waals surface area contributed by atoms with Crippen LogP contribution in [0.15, 0.2) is 78.9 Å². The average Bonchev–Trinajstić information content (AvgIpc) is 3.07. The van der Waals surface area contributed by atoms with Crippen molar-refractivity contribution < 1.29 is 0 Å². The van der Waals surface area contributed by atoms with Gasteiger partial charge < -0.3 is 4.57 Å². The van der Waals surface area contributed by atoms with Gasteiger partial charge in [0.05, 0.1) is 5.52 Å². The van der Waals surface area contributed by atoms with Crippen molar-refractivity contribution in [2.45, 2.75) is 13.3 Å². The molecule has 0 spiro atoms. The fourth-order valence-electron chi connectivity index (χ4n) is 5.64. The van der Waals surface area contributed by atoms with Crippen molar-refractivity contribution in [2.75, 3.05) is 0 Å². The molecular weight excluding hydrogens is 337 g/mol. The second-order valence-electron chi connectivity index (χ2n) is 8.26. The maximum atomic E-state index is 2.51. The van der Waals surface area contributed by atoms with Gasteiger partial charge in [0.15, 0.2) is 0 Å². The topological polar surface area (TPSA) is 4.93 Å². The highest BCUT2D eigenvalue weighted by Gasteiger charge is 2.38. The van der Waals surface area contributed by atoms with E-state index in [1.807, 2.05) is 0 Å². The Hall–Kier alpha value is -3.26. The molecule has 3 heterocycles. The summed E-state index contributed by atoms with van der Waals surface area (Å²) in [6.07, 6.45) is 1.03. The number of hydrogen-bond acceptors (Lipinski definition) is 0. The van der Waals surface area contributed by atoms with Crippen LogP contribution in [0, 0.1) is 6.92 Å². The molecule has 0 atom stereocenters. The number of aryl methyl sites for hydroxylation is 1. The first-order valence-corrected chi connectivity index (χ1v) is 10.0. The highest BCUT2D eigenvalue weighted by molar-refractivity contribution is 6.98. The van der Waals surface area contributed by atoms with Gasteiger partial charge in [0, 0.05) is 22.0 Å². The molecule has 1 nitrogen and oxygen atoms in total. The van der Waals surface area contributed by atoms with E-state index in [2.05, 4.69) is 90.4 Å². The van der Waals surface area contributed by atoms with E-state index in [-0.39, 0.29) is 0 Å². The molecule has 7 rings (SSSR count). The van der Waals surface area contributed by atoms with Crippen LogP contribution in [0.3, 0.4) is 0 Å². The number of nitrogens with zero attached hydrogens (tertiary/aromatic N) is 1. The second kappa shape index (κ2) is 4.96. The molecule has 2 aliphatic heterocycles. The van der Waals surface area contributed by atoms with E-state index in [4.69, 9.17) is 0 Å². The lowest BCUT2D eigenvalue weighted by Crippen LogP contribution is -2.60. The number of para-hydroxylation sites is 2. The molecule has 0 unspecified atom stereocenters. The zero-order valence-electron chi connectivity index (χ0n) is 15.7. The highest BCUT2D eigenvalue weighted by atomic mass is 15.0. The van der Waals surface area contributed by atoms with Crippen LogP contribution >= 0.6 is 0 Å². The fraction of sp³-hybridized carbons (Fsp3) is 0.0769. The maximum Gasteiger partial charge on any atom is 0.247 e. The molecule has 0 amide bonds. The molecule has 1 aromatic heterocycles. The summed E-state index contributed by atoms with van der Waals surface area (Å²) in [5.41, 5.74) is 12.8. The zero-order chi connectivity index (χ0) is 18.4. The molecule has 2 aliphatic rings. The summed E-state index contributed by atoms with van der Waals surface area (Å²) in [7, 11) is 0. The summed E-state index contributed by atoms with van der Waals surface area (Å²) < 4.78 is 2.51. The van der Waals surface area contributed by atoms with E-state index in [0.29, 0.717) is 6.71 Å². The molecular formula is C26H18BN. The van der Waals surface area contributed by atoms with Crippen molar-refractivity contribution in [3.8, 4) is 5.69 Å². The predicted molar refractivity (Wildman–Crippen MR) is 119 cm³/mol. The van der Waals surface area contributed by atoms with E-state index >= 15 is 0 Å². The largest absolute Gasteiger partial charge is 0.310 e. The number of fused-ring (bicyclic) bond motifs is 8. The van der Waals surface area contributed by atoms with E-state index < -0.39 is 0 Å². The van der Waals surface area contributed by atoms with Crippen molar-refractivity contribution in [2.24, 2.45) is 0 Å². The summed E-state index contributed by atoms with van der Waals surface area (Å²) in [6.45, 7) is 2.53. The van der Waals surface area contributed by atoms with Crippen LogP contribution in [-0.4, -0.2) is 11.3 Å². The van der Waals surface area contributed by atoms with Gasteiger partial charge in [-0.15, -0.1) is 0 Å². The van der Waals surface area contributed by atoms with Crippen LogP contribution in [0.5, 0.6) is 0 Å². The summed E-state index contributed by atoms with van der Waals surface area (Å²) in [4.78, 5) is 0. The number of rotatable bonds is 0. The monoisotopic (exact) mass is 355 g/mol. The molecule has 0 aliphatic carbocycles. The van der Waals surface area contributed by atoms with Gasteiger partial charge in [-0.05, 0) is 47.5 Å². The van der Waals surface area contributed by atoms with E-state index in [0.717, 1.165) is 6.42 Å². The van der Waals surface area contributed by atoms with Crippen LogP contribution in [0.1, 0.15) is 16.7 Å². The summed E-state index contributed by atoms with van der Waals surface area (Å²) >= 11 is 0. The van der Waals surface area contributed by atoms with Gasteiger partial charge in [0.2, 0.25) is 6.71 Å². The van der Waals surface area contributed by atoms with Crippen molar-refractivity contribution >= 4 is 44.9 Å². The second-order valence-corrected chi connectivity index (χ2v) is 8.26. The van der Waals surface area contributed by atoms with Gasteiger partial charge in [-0.1, -0.05) is 77.8 Å². The molecule has 0 bridgehead atoms. The lowest BCUT2D eigenvalue weighted by molar-refractivity contribution is 1.16. The van der Waals surface area contributed by atoms with Gasteiger partial charge >= 0.3 is 0 Å². The van der Waals surface area contributed by atoms with Crippen molar-refractivity contribution in [3.05, 3.63) is 95.6 Å². The first-order valence-electron chi connectivity index (χ1n) is 10.0. The maximum absolute atomic E-state index is 2.51. The molecule has 4 aromatic carbocycles. The Kier molecular flexibility index (Phi) is 2.62. The van der Waals surface area contributed by atoms with Crippen molar-refractivity contribution in [1.82, 2.24) is 4.57 Å². The predicted octanol–water partition coefficient (Wildman–Crippen LogP) is 3.83. The van der Waals surface area contributed by atoms with Crippen LogP contribution in [0.25, 0.3) is 27.5 Å². The van der Waals surface area contributed by atoms with E-state index in [9.17, 15) is 0 Å². The molecule has 0 saturated heterocycles. The minimum Gasteiger partial charge on any atom is -0.310 e. The number of benzene rings is 4. The van der Waals surface area contributed by atoms with Gasteiger partial charge in [-0.25, -0.2) is 0 Å². The third kappa shape index (κ3) is 1.65. The molecule has 28 heavy (non-hydrogen) atoms. The van der Waals surface area contributed by atoms with E-state index in [1.54, 1.807) is 0 Å². The quantitative estimate of drug-likeness (QED) is 0.365. The number of hydrogen-bond donors (Lipinski definition) is 0. The van der Waals surface area contributed by atoms with E-state index in [1.165, 1.54) is 60.6 Å². The summed E-state index contributed by atoms with van der Waals surface area (Å²) in [5, 5.41) is 2.73. The van der Waals surface area contributed by atoms with Crippen molar-refractivity contribution in [3.63, 3.8) is 0 Å². The van der Waals surface area contributed by atoms with Crippen LogP contribution in [0.2, 0.25) is 0 Å². The van der Waals surface area contributed by atoms with Crippen molar-refractivity contribution in [1.29, 1.82) is 0 Å². The van der Waals surface area contributed by atoms with Crippen LogP contribution in [-0.2, 0) is 6.42 Å². The van der Waals surface area contributed by atoms with Gasteiger partial charge in [-0.3, -0.25) is 0 Å². The van der Waals surface area contributed by atoms with Gasteiger partial charge in [0.1, 0.15) is 0 Å². The lowest BCUT2D eigenvalue weighted by Gasteiger charge is -2.33. The molecule has 2 heteroatoms. The smallest absolute Gasteiger partial charge is 0.247 e. The normalized spacial score (nSPS) is 13.7. The number of aromatic nitrogens is 1. The third-order valence-electron chi connectivity index (χ3n) is 6.73. The Bertz CT molecular complexity index is 1460. The molecule has 0 fully saturated rings. The average molecular weight is 355 g/mol. The lowest BCUT2D eigenvalue weighted by atomic mass is 9.32. The minimum atomic E-state index is 0.330. The Labute approximate surface area is 164 Å². The molecule has 0 N–H and O–H groups in total. The fourth-order valence-corrected chi connectivity index (χ4v) is 5.64. The summed E-state index contributed by atoms with van der Waals surface area (Å²) in [5.74, 6) is 0. The first-order chi connectivity index (χ1) is 13.8. The Morgan fingerprint density at radius 2 is 1.61 bits per heavy atom. The Balaban J connectivity index is 1.74. The van der Waals surface area contributed by atoms with Crippen LogP contribution in [0.4, 0.5) is 0 Å². The van der Waals surface area contributed by atoms with Crippen LogP contribution < -0.4 is 16.4 Å². The molecule has 0 radical (unpaired) electrons.